The van der Waals surface area contributed by atoms with Gasteiger partial charge in [0.15, 0.2) is 0 Å². The van der Waals surface area contributed by atoms with E-state index in [4.69, 9.17) is 0 Å². The van der Waals surface area contributed by atoms with Gasteiger partial charge in [-0.15, -0.1) is 11.3 Å². The number of hydrogen-bond acceptors (Lipinski definition) is 3. The van der Waals surface area contributed by atoms with Crippen LogP contribution in [0.3, 0.4) is 0 Å². The average Bonchev–Trinajstić information content (AvgIpc) is 3.12. The summed E-state index contributed by atoms with van der Waals surface area (Å²) < 4.78 is 51.7. The number of nitrogens with zero attached hydrogens (tertiary/aromatic N) is 1. The molecule has 27 heavy (non-hydrogen) atoms. The van der Waals surface area contributed by atoms with Crippen LogP contribution in [-0.2, 0) is 6.18 Å². The van der Waals surface area contributed by atoms with Gasteiger partial charge in [-0.3, -0.25) is 4.79 Å². The summed E-state index contributed by atoms with van der Waals surface area (Å²) in [7, 11) is 0. The Morgan fingerprint density at radius 1 is 1.00 bits per heavy atom. The third-order valence-corrected chi connectivity index (χ3v) is 4.73. The van der Waals surface area contributed by atoms with Crippen LogP contribution in [0, 0.1) is 5.82 Å². The Balaban J connectivity index is 1.70. The Morgan fingerprint density at radius 3 is 2.41 bits per heavy atom. The van der Waals surface area contributed by atoms with Crippen molar-refractivity contribution in [2.75, 3.05) is 0 Å². The number of alkyl halides is 3. The molecule has 3 rings (SSSR count). The second-order valence-corrected chi connectivity index (χ2v) is 6.54. The first-order valence-electron chi connectivity index (χ1n) is 7.70. The summed E-state index contributed by atoms with van der Waals surface area (Å²) in [4.78, 5) is 13.2. The molecule has 1 heterocycles. The van der Waals surface area contributed by atoms with Gasteiger partial charge in [-0.1, -0.05) is 30.3 Å². The van der Waals surface area contributed by atoms with Crippen LogP contribution >= 0.6 is 11.3 Å². The highest BCUT2D eigenvalue weighted by atomic mass is 32.1. The number of nitrogens with one attached hydrogen (secondary N) is 1. The summed E-state index contributed by atoms with van der Waals surface area (Å²) in [5.41, 5.74) is 1.98. The van der Waals surface area contributed by atoms with E-state index in [0.717, 1.165) is 22.7 Å². The van der Waals surface area contributed by atoms with Crippen molar-refractivity contribution in [1.29, 1.82) is 0 Å². The fourth-order valence-corrected chi connectivity index (χ4v) is 3.21. The lowest BCUT2D eigenvalue weighted by atomic mass is 10.1. The van der Waals surface area contributed by atoms with E-state index in [2.05, 4.69) is 10.5 Å². The van der Waals surface area contributed by atoms with E-state index in [1.54, 1.807) is 24.3 Å². The molecule has 0 radical (unpaired) electrons. The average molecular weight is 392 g/mol. The highest BCUT2D eigenvalue weighted by molar-refractivity contribution is 7.17. The number of rotatable bonds is 4. The van der Waals surface area contributed by atoms with Gasteiger partial charge in [0.2, 0.25) is 0 Å². The van der Waals surface area contributed by atoms with Crippen molar-refractivity contribution in [3.8, 4) is 10.4 Å². The quantitative estimate of drug-likeness (QED) is 0.364. The lowest BCUT2D eigenvalue weighted by Crippen LogP contribution is -2.16. The standard InChI is InChI=1S/C19H12F4N2OS/c20-14-7-5-12(6-8-14)16-9-10-17(27-16)18(26)25-24-11-13-3-1-2-4-15(13)19(21,22)23/h1-11H,(H,25,26)/b24-11-. The van der Waals surface area contributed by atoms with E-state index in [0.29, 0.717) is 4.88 Å². The SMILES string of the molecule is O=C(N/N=C\c1ccccc1C(F)(F)F)c1ccc(-c2ccc(F)cc2)s1. The summed E-state index contributed by atoms with van der Waals surface area (Å²) in [6, 6.07) is 14.0. The second kappa shape index (κ2) is 7.71. The zero-order valence-electron chi connectivity index (χ0n) is 13.6. The highest BCUT2D eigenvalue weighted by Gasteiger charge is 2.32. The van der Waals surface area contributed by atoms with Crippen LogP contribution in [0.2, 0.25) is 0 Å². The number of hydrogen-bond donors (Lipinski definition) is 1. The molecule has 138 valence electrons. The lowest BCUT2D eigenvalue weighted by Gasteiger charge is -2.09. The maximum Gasteiger partial charge on any atom is 0.417 e. The minimum absolute atomic E-state index is 0.150. The molecule has 0 aliphatic heterocycles. The zero-order valence-corrected chi connectivity index (χ0v) is 14.4. The minimum atomic E-state index is -4.51. The van der Waals surface area contributed by atoms with E-state index in [-0.39, 0.29) is 11.4 Å². The molecule has 0 aliphatic rings. The first-order chi connectivity index (χ1) is 12.8. The van der Waals surface area contributed by atoms with Gasteiger partial charge in [0.05, 0.1) is 16.7 Å². The number of carbonyl (C=O) groups is 1. The number of thiophene rings is 1. The molecule has 3 aromatic rings. The summed E-state index contributed by atoms with van der Waals surface area (Å²) in [6.45, 7) is 0. The van der Waals surface area contributed by atoms with Crippen LogP contribution in [0.1, 0.15) is 20.8 Å². The molecular weight excluding hydrogens is 380 g/mol. The third-order valence-electron chi connectivity index (χ3n) is 3.59. The summed E-state index contributed by atoms with van der Waals surface area (Å²) >= 11 is 1.17. The normalized spacial score (nSPS) is 11.7. The van der Waals surface area contributed by atoms with E-state index in [1.165, 1.54) is 41.7 Å². The monoisotopic (exact) mass is 392 g/mol. The van der Waals surface area contributed by atoms with Gasteiger partial charge in [-0.25, -0.2) is 9.82 Å². The Hall–Kier alpha value is -3.00. The molecule has 0 saturated heterocycles. The molecule has 3 nitrogen and oxygen atoms in total. The maximum absolute atomic E-state index is 13.0. The fourth-order valence-electron chi connectivity index (χ4n) is 2.31. The number of benzene rings is 2. The largest absolute Gasteiger partial charge is 0.417 e. The lowest BCUT2D eigenvalue weighted by molar-refractivity contribution is -0.137. The number of halogens is 4. The van der Waals surface area contributed by atoms with Crippen molar-refractivity contribution in [1.82, 2.24) is 5.43 Å². The molecule has 1 aromatic heterocycles. The molecule has 2 aromatic carbocycles. The van der Waals surface area contributed by atoms with Gasteiger partial charge in [0.25, 0.3) is 5.91 Å². The number of hydrazone groups is 1. The Morgan fingerprint density at radius 2 is 1.70 bits per heavy atom. The fraction of sp³-hybridized carbons (Fsp3) is 0.0526. The van der Waals surface area contributed by atoms with Crippen molar-refractivity contribution in [2.45, 2.75) is 6.18 Å². The molecular formula is C19H12F4N2OS. The molecule has 0 aliphatic carbocycles. The van der Waals surface area contributed by atoms with Gasteiger partial charge < -0.3 is 0 Å². The maximum atomic E-state index is 13.0. The molecule has 0 spiro atoms. The predicted octanol–water partition coefficient (Wildman–Crippen LogP) is 5.34. The van der Waals surface area contributed by atoms with Crippen LogP contribution in [0.5, 0.6) is 0 Å². The summed E-state index contributed by atoms with van der Waals surface area (Å²) in [6.07, 6.45) is -3.56. The molecule has 0 fully saturated rings. The van der Waals surface area contributed by atoms with Crippen LogP contribution < -0.4 is 5.43 Å². The molecule has 0 saturated carbocycles. The van der Waals surface area contributed by atoms with E-state index >= 15 is 0 Å². The second-order valence-electron chi connectivity index (χ2n) is 5.45. The van der Waals surface area contributed by atoms with Gasteiger partial charge in [0.1, 0.15) is 5.82 Å². The van der Waals surface area contributed by atoms with Crippen molar-refractivity contribution in [3.05, 3.63) is 82.5 Å². The summed E-state index contributed by atoms with van der Waals surface area (Å²) in [5, 5.41) is 3.62. The Kier molecular flexibility index (Phi) is 5.36. The van der Waals surface area contributed by atoms with Crippen molar-refractivity contribution < 1.29 is 22.4 Å². The smallest absolute Gasteiger partial charge is 0.266 e. The van der Waals surface area contributed by atoms with Crippen LogP contribution in [0.15, 0.2) is 65.8 Å². The van der Waals surface area contributed by atoms with Crippen LogP contribution in [0.25, 0.3) is 10.4 Å². The topological polar surface area (TPSA) is 41.5 Å². The molecule has 0 unspecified atom stereocenters. The van der Waals surface area contributed by atoms with Crippen molar-refractivity contribution in [3.63, 3.8) is 0 Å². The number of amides is 1. The van der Waals surface area contributed by atoms with E-state index in [1.807, 2.05) is 0 Å². The van der Waals surface area contributed by atoms with E-state index < -0.39 is 17.6 Å². The van der Waals surface area contributed by atoms with Crippen LogP contribution in [-0.4, -0.2) is 12.1 Å². The third kappa shape index (κ3) is 4.59. The van der Waals surface area contributed by atoms with Crippen molar-refractivity contribution >= 4 is 23.5 Å². The van der Waals surface area contributed by atoms with Gasteiger partial charge in [0, 0.05) is 10.4 Å². The van der Waals surface area contributed by atoms with Crippen molar-refractivity contribution in [2.24, 2.45) is 5.10 Å². The molecule has 1 N–H and O–H groups in total. The Labute approximate surface area is 156 Å². The van der Waals surface area contributed by atoms with Gasteiger partial charge in [-0.2, -0.15) is 18.3 Å². The molecule has 1 amide bonds. The molecule has 8 heteroatoms. The molecule has 0 bridgehead atoms. The first-order valence-corrected chi connectivity index (χ1v) is 8.51. The molecule has 0 atom stereocenters. The first kappa shape index (κ1) is 18.8. The van der Waals surface area contributed by atoms with Gasteiger partial charge >= 0.3 is 6.18 Å². The number of carbonyl (C=O) groups excluding carboxylic acids is 1. The van der Waals surface area contributed by atoms with Crippen LogP contribution in [0.4, 0.5) is 17.6 Å². The highest BCUT2D eigenvalue weighted by Crippen LogP contribution is 2.31. The zero-order chi connectivity index (χ0) is 19.4. The predicted molar refractivity (Wildman–Crippen MR) is 96.2 cm³/mol. The van der Waals surface area contributed by atoms with Gasteiger partial charge in [-0.05, 0) is 35.9 Å². The minimum Gasteiger partial charge on any atom is -0.266 e. The Bertz CT molecular complexity index is 978. The summed E-state index contributed by atoms with van der Waals surface area (Å²) in [5.74, 6) is -0.907. The van der Waals surface area contributed by atoms with E-state index in [9.17, 15) is 22.4 Å².